The van der Waals surface area contributed by atoms with Crippen molar-refractivity contribution < 1.29 is 14.9 Å². The molecule has 0 bridgehead atoms. The number of rotatable bonds is 5. The van der Waals surface area contributed by atoms with Gasteiger partial charge in [-0.25, -0.2) is 4.98 Å². The minimum atomic E-state index is -1.12. The van der Waals surface area contributed by atoms with E-state index in [-0.39, 0.29) is 11.1 Å². The molecule has 23 heavy (non-hydrogen) atoms. The van der Waals surface area contributed by atoms with E-state index in [1.54, 1.807) is 11.8 Å². The largest absolute Gasteiger partial charge is 0.387 e. The molecule has 3 heterocycles. The first-order chi connectivity index (χ1) is 11.0. The van der Waals surface area contributed by atoms with Crippen molar-refractivity contribution in [2.24, 2.45) is 5.73 Å². The van der Waals surface area contributed by atoms with Gasteiger partial charge in [0.15, 0.2) is 17.7 Å². The van der Waals surface area contributed by atoms with Crippen molar-refractivity contribution in [3.8, 4) is 0 Å². The standard InChI is InChI=1S/C12H17ClN6O3S/c13-12-17-9(15)6-10(18-12)19(4-16-6)11-8(21)7(20)5(22-11)3-23-2-1-14/h4-5,7-8,11,20-21H,1-3,14H2,(H2,15,17,18)/t5-,7-,8-,11-/m1/s1. The van der Waals surface area contributed by atoms with E-state index in [0.717, 1.165) is 5.75 Å². The summed E-state index contributed by atoms with van der Waals surface area (Å²) in [7, 11) is 0. The molecule has 0 radical (unpaired) electrons. The van der Waals surface area contributed by atoms with Gasteiger partial charge in [0.1, 0.15) is 17.7 Å². The average Bonchev–Trinajstić information content (AvgIpc) is 3.04. The SMILES string of the molecule is NCCSC[C@H]1O[C@@H](n2cnc3c(N)nc(Cl)nc32)[C@H](O)[C@@H]1O. The molecule has 9 nitrogen and oxygen atoms in total. The molecule has 6 N–H and O–H groups in total. The Bertz CT molecular complexity index is 701. The molecular weight excluding hydrogens is 344 g/mol. The van der Waals surface area contributed by atoms with Crippen molar-refractivity contribution >= 4 is 40.3 Å². The highest BCUT2D eigenvalue weighted by atomic mass is 35.5. The third-order valence-corrected chi connectivity index (χ3v) is 4.83. The van der Waals surface area contributed by atoms with Crippen LogP contribution in [0.1, 0.15) is 6.23 Å². The normalized spacial score (nSPS) is 27.8. The van der Waals surface area contributed by atoms with Gasteiger partial charge in [-0.3, -0.25) is 4.57 Å². The topological polar surface area (TPSA) is 145 Å². The predicted molar refractivity (Wildman–Crippen MR) is 87.0 cm³/mol. The minimum Gasteiger partial charge on any atom is -0.387 e. The van der Waals surface area contributed by atoms with E-state index >= 15 is 0 Å². The number of hydrogen-bond acceptors (Lipinski definition) is 9. The Hall–Kier alpha value is -1.17. The van der Waals surface area contributed by atoms with E-state index < -0.39 is 24.5 Å². The fourth-order valence-corrected chi connectivity index (χ4v) is 3.49. The van der Waals surface area contributed by atoms with Gasteiger partial charge < -0.3 is 26.4 Å². The molecule has 0 unspecified atom stereocenters. The monoisotopic (exact) mass is 360 g/mol. The summed E-state index contributed by atoms with van der Waals surface area (Å²) in [5.41, 5.74) is 11.9. The highest BCUT2D eigenvalue weighted by Gasteiger charge is 2.44. The van der Waals surface area contributed by atoms with Crippen LogP contribution in [0.25, 0.3) is 11.2 Å². The number of imidazole rings is 1. The van der Waals surface area contributed by atoms with Crippen molar-refractivity contribution in [1.29, 1.82) is 0 Å². The van der Waals surface area contributed by atoms with Crippen LogP contribution in [-0.2, 0) is 4.74 Å². The molecule has 2 aromatic rings. The first kappa shape index (κ1) is 16.7. The lowest BCUT2D eigenvalue weighted by Gasteiger charge is -2.16. The Morgan fingerprint density at radius 3 is 2.87 bits per heavy atom. The molecule has 0 spiro atoms. The molecule has 3 rings (SSSR count). The van der Waals surface area contributed by atoms with Crippen molar-refractivity contribution in [3.63, 3.8) is 0 Å². The van der Waals surface area contributed by atoms with Gasteiger partial charge >= 0.3 is 0 Å². The Labute approximate surface area is 141 Å². The van der Waals surface area contributed by atoms with E-state index in [1.807, 2.05) is 0 Å². The van der Waals surface area contributed by atoms with Gasteiger partial charge in [-0.15, -0.1) is 0 Å². The van der Waals surface area contributed by atoms with Crippen LogP contribution in [0, 0.1) is 0 Å². The van der Waals surface area contributed by atoms with E-state index in [4.69, 9.17) is 27.8 Å². The van der Waals surface area contributed by atoms with Crippen LogP contribution in [0.5, 0.6) is 0 Å². The number of anilines is 1. The molecule has 0 saturated carbocycles. The van der Waals surface area contributed by atoms with Gasteiger partial charge in [0, 0.05) is 18.1 Å². The quantitative estimate of drug-likeness (QED) is 0.404. The van der Waals surface area contributed by atoms with Crippen LogP contribution >= 0.6 is 23.4 Å². The Morgan fingerprint density at radius 2 is 2.13 bits per heavy atom. The third kappa shape index (κ3) is 3.10. The number of ether oxygens (including phenoxy) is 1. The molecule has 11 heteroatoms. The Kier molecular flexibility index (Phi) is 4.90. The van der Waals surface area contributed by atoms with Crippen LogP contribution in [-0.4, -0.2) is 66.1 Å². The lowest BCUT2D eigenvalue weighted by molar-refractivity contribution is -0.0288. The number of aromatic nitrogens is 4. The summed E-state index contributed by atoms with van der Waals surface area (Å²) in [6.45, 7) is 0.542. The first-order valence-electron chi connectivity index (χ1n) is 6.98. The second-order valence-corrected chi connectivity index (χ2v) is 6.60. The summed E-state index contributed by atoms with van der Waals surface area (Å²) >= 11 is 7.38. The number of thioether (sulfide) groups is 1. The summed E-state index contributed by atoms with van der Waals surface area (Å²) in [5.74, 6) is 1.42. The van der Waals surface area contributed by atoms with E-state index in [9.17, 15) is 10.2 Å². The second kappa shape index (κ2) is 6.75. The van der Waals surface area contributed by atoms with Gasteiger partial charge in [0.2, 0.25) is 5.28 Å². The highest BCUT2D eigenvalue weighted by Crippen LogP contribution is 2.33. The molecular formula is C12H17ClN6O3S. The van der Waals surface area contributed by atoms with Crippen LogP contribution < -0.4 is 11.5 Å². The van der Waals surface area contributed by atoms with Crippen molar-refractivity contribution in [2.45, 2.75) is 24.5 Å². The molecule has 126 valence electrons. The number of nitrogens with zero attached hydrogens (tertiary/aromatic N) is 4. The van der Waals surface area contributed by atoms with Gasteiger partial charge in [-0.05, 0) is 11.6 Å². The smallest absolute Gasteiger partial charge is 0.226 e. The summed E-state index contributed by atoms with van der Waals surface area (Å²) in [6.07, 6.45) is -2.05. The van der Waals surface area contributed by atoms with Crippen LogP contribution in [0.2, 0.25) is 5.28 Å². The lowest BCUT2D eigenvalue weighted by Crippen LogP contribution is -2.32. The molecule has 0 amide bonds. The molecule has 1 aliphatic rings. The molecule has 4 atom stereocenters. The van der Waals surface area contributed by atoms with Crippen LogP contribution in [0.3, 0.4) is 0 Å². The molecule has 1 aliphatic heterocycles. The third-order valence-electron chi connectivity index (χ3n) is 3.58. The average molecular weight is 361 g/mol. The van der Waals surface area contributed by atoms with Crippen molar-refractivity contribution in [1.82, 2.24) is 19.5 Å². The predicted octanol–water partition coefficient (Wildman–Crippen LogP) is -0.627. The number of halogens is 1. The second-order valence-electron chi connectivity index (χ2n) is 5.11. The van der Waals surface area contributed by atoms with E-state index in [0.29, 0.717) is 23.5 Å². The zero-order valence-corrected chi connectivity index (χ0v) is 13.6. The zero-order valence-electron chi connectivity index (χ0n) is 12.0. The van der Waals surface area contributed by atoms with Crippen molar-refractivity contribution in [2.75, 3.05) is 23.8 Å². The number of hydrogen-bond donors (Lipinski definition) is 4. The van der Waals surface area contributed by atoms with Gasteiger partial charge in [-0.1, -0.05) is 0 Å². The number of nitrogens with two attached hydrogens (primary N) is 2. The Morgan fingerprint density at radius 1 is 1.35 bits per heavy atom. The lowest BCUT2D eigenvalue weighted by atomic mass is 10.1. The number of aliphatic hydroxyl groups is 2. The molecule has 2 aromatic heterocycles. The molecule has 0 aromatic carbocycles. The van der Waals surface area contributed by atoms with Gasteiger partial charge in [0.05, 0.1) is 12.4 Å². The fraction of sp³-hybridized carbons (Fsp3) is 0.583. The van der Waals surface area contributed by atoms with E-state index in [1.165, 1.54) is 10.9 Å². The first-order valence-corrected chi connectivity index (χ1v) is 8.51. The minimum absolute atomic E-state index is 0.0279. The zero-order chi connectivity index (χ0) is 16.6. The highest BCUT2D eigenvalue weighted by molar-refractivity contribution is 7.99. The summed E-state index contributed by atoms with van der Waals surface area (Å²) in [5, 5.41) is 20.4. The number of nitrogen functional groups attached to an aromatic ring is 1. The molecule has 1 fully saturated rings. The molecule has 1 saturated heterocycles. The van der Waals surface area contributed by atoms with Gasteiger partial charge in [-0.2, -0.15) is 21.7 Å². The fourth-order valence-electron chi connectivity index (χ4n) is 2.48. The van der Waals surface area contributed by atoms with Gasteiger partial charge in [0.25, 0.3) is 0 Å². The summed E-state index contributed by atoms with van der Waals surface area (Å²) < 4.78 is 7.28. The summed E-state index contributed by atoms with van der Waals surface area (Å²) in [4.78, 5) is 12.0. The van der Waals surface area contributed by atoms with Crippen molar-refractivity contribution in [3.05, 3.63) is 11.6 Å². The Balaban J connectivity index is 1.87. The van der Waals surface area contributed by atoms with E-state index in [2.05, 4.69) is 15.0 Å². The maximum atomic E-state index is 10.3. The molecule has 0 aliphatic carbocycles. The number of aliphatic hydroxyl groups excluding tert-OH is 2. The van der Waals surface area contributed by atoms with Crippen LogP contribution in [0.15, 0.2) is 6.33 Å². The summed E-state index contributed by atoms with van der Waals surface area (Å²) in [6, 6.07) is 0. The van der Waals surface area contributed by atoms with Crippen LogP contribution in [0.4, 0.5) is 5.82 Å². The maximum absolute atomic E-state index is 10.3. The maximum Gasteiger partial charge on any atom is 0.226 e. The number of fused-ring (bicyclic) bond motifs is 1.